The molecule has 0 radical (unpaired) electrons. The molecule has 2 atom stereocenters. The summed E-state index contributed by atoms with van der Waals surface area (Å²) in [6.45, 7) is 0.410. The van der Waals surface area contributed by atoms with Crippen LogP contribution in [0.5, 0.6) is 5.75 Å². The maximum Gasteiger partial charge on any atom is 0.356 e. The maximum atomic E-state index is 11.6. The van der Waals surface area contributed by atoms with Crippen LogP contribution in [0.3, 0.4) is 0 Å². The van der Waals surface area contributed by atoms with E-state index in [2.05, 4.69) is 33.2 Å². The fraction of sp³-hybridized carbons (Fsp3) is 0.229. The molecular formula is C35H25Cl2N3O3S. The summed E-state index contributed by atoms with van der Waals surface area (Å²) in [7, 11) is 0. The van der Waals surface area contributed by atoms with Crippen molar-refractivity contribution >= 4 is 78.3 Å². The quantitative estimate of drug-likeness (QED) is 0.189. The summed E-state index contributed by atoms with van der Waals surface area (Å²) in [5.41, 5.74) is 7.59. The fourth-order valence-corrected chi connectivity index (χ4v) is 8.58. The van der Waals surface area contributed by atoms with Gasteiger partial charge < -0.3 is 14.4 Å². The standard InChI is InChI=1S/C35H25Cl2N3O3S/c36-25-2-1-3-26(37)32(25)33-24(31(17-4-5-17)21-10-11-27(21)38-33)16-43-19-7-9-20-23(15-19)29-13-12-28(20)40(29)18-6-8-22-30(14-18)44-39-34(22)35(41)42/h1-3,6-9,12-15,17,21,27H,4-5,10-11,16H2,(H,41,42). The highest BCUT2D eigenvalue weighted by atomic mass is 35.5. The van der Waals surface area contributed by atoms with Crippen LogP contribution in [0.2, 0.25) is 10.0 Å². The average Bonchev–Trinajstić information content (AvgIpc) is 3.49. The molecule has 4 heterocycles. The predicted octanol–water partition coefficient (Wildman–Crippen LogP) is 9.20. The molecule has 9 heteroatoms. The molecule has 1 aliphatic heterocycles. The largest absolute Gasteiger partial charge is 0.489 e. The van der Waals surface area contributed by atoms with Gasteiger partial charge in [-0.3, -0.25) is 4.99 Å². The predicted molar refractivity (Wildman–Crippen MR) is 177 cm³/mol. The van der Waals surface area contributed by atoms with Crippen LogP contribution in [0.15, 0.2) is 82.9 Å². The molecule has 6 aromatic rings. The lowest BCUT2D eigenvalue weighted by Crippen LogP contribution is -2.39. The third kappa shape index (κ3) is 3.96. The van der Waals surface area contributed by atoms with Crippen molar-refractivity contribution in [3.05, 3.63) is 99.2 Å². The molecule has 2 fully saturated rings. The molecule has 0 amide bonds. The molecule has 44 heavy (non-hydrogen) atoms. The summed E-state index contributed by atoms with van der Waals surface area (Å²) in [6, 6.07) is 22.3. The molecule has 1 N–H and O–H groups in total. The Morgan fingerprint density at radius 2 is 1.70 bits per heavy atom. The van der Waals surface area contributed by atoms with Crippen molar-refractivity contribution in [1.82, 2.24) is 8.94 Å². The van der Waals surface area contributed by atoms with Crippen LogP contribution in [-0.4, -0.2) is 38.4 Å². The SMILES string of the molecule is O=C(O)c1nsc2cc(-n3c4ccc3c3cc(OCC5=C(C6CC6)C6CCC6N=C5c5c(Cl)cccc5Cl)ccc34)ccc12. The second-order valence-corrected chi connectivity index (χ2v) is 13.6. The van der Waals surface area contributed by atoms with Gasteiger partial charge in [-0.15, -0.1) is 0 Å². The summed E-state index contributed by atoms with van der Waals surface area (Å²) in [5.74, 6) is 0.876. The van der Waals surface area contributed by atoms with Gasteiger partial charge in [0, 0.05) is 38.9 Å². The number of halogens is 2. The first-order chi connectivity index (χ1) is 21.5. The number of carboxylic acids is 1. The summed E-state index contributed by atoms with van der Waals surface area (Å²) in [6.07, 6.45) is 4.71. The first-order valence-electron chi connectivity index (χ1n) is 14.8. The summed E-state index contributed by atoms with van der Waals surface area (Å²) in [4.78, 5) is 16.8. The summed E-state index contributed by atoms with van der Waals surface area (Å²) < 4.78 is 13.8. The van der Waals surface area contributed by atoms with E-state index in [-0.39, 0.29) is 5.69 Å². The number of fused-ring (bicyclic) bond motifs is 7. The molecule has 2 aliphatic carbocycles. The number of nitrogens with zero attached hydrogens (tertiary/aromatic N) is 3. The van der Waals surface area contributed by atoms with Crippen LogP contribution >= 0.6 is 34.7 Å². The number of aromatic nitrogens is 2. The van der Waals surface area contributed by atoms with Gasteiger partial charge in [-0.1, -0.05) is 34.8 Å². The van der Waals surface area contributed by atoms with Crippen LogP contribution in [-0.2, 0) is 0 Å². The molecular weight excluding hydrogens is 613 g/mol. The van der Waals surface area contributed by atoms with Crippen molar-refractivity contribution in [3.8, 4) is 11.4 Å². The zero-order valence-corrected chi connectivity index (χ0v) is 25.7. The van der Waals surface area contributed by atoms with Crippen molar-refractivity contribution < 1.29 is 14.6 Å². The topological polar surface area (TPSA) is 76.7 Å². The zero-order chi connectivity index (χ0) is 29.7. The van der Waals surface area contributed by atoms with Crippen molar-refractivity contribution in [3.63, 3.8) is 0 Å². The number of aromatic carboxylic acids is 1. The molecule has 2 unspecified atom stereocenters. The van der Waals surface area contributed by atoms with Gasteiger partial charge in [0.25, 0.3) is 0 Å². The average molecular weight is 639 g/mol. The van der Waals surface area contributed by atoms with Crippen molar-refractivity contribution in [2.75, 3.05) is 6.61 Å². The summed E-state index contributed by atoms with van der Waals surface area (Å²) >= 11 is 14.7. The number of rotatable bonds is 7. The first-order valence-corrected chi connectivity index (χ1v) is 16.4. The van der Waals surface area contributed by atoms with Gasteiger partial charge in [0.2, 0.25) is 0 Å². The highest BCUT2D eigenvalue weighted by Gasteiger charge is 2.45. The van der Waals surface area contributed by atoms with Crippen LogP contribution < -0.4 is 4.74 Å². The number of dihydropyridines is 1. The van der Waals surface area contributed by atoms with E-state index >= 15 is 0 Å². The van der Waals surface area contributed by atoms with Crippen LogP contribution in [0.25, 0.3) is 37.6 Å². The van der Waals surface area contributed by atoms with E-state index in [1.54, 1.807) is 0 Å². The fourth-order valence-electron chi connectivity index (χ4n) is 7.20. The van der Waals surface area contributed by atoms with E-state index in [1.165, 1.54) is 36.4 Å². The van der Waals surface area contributed by atoms with E-state index in [0.717, 1.165) is 61.2 Å². The highest BCUT2D eigenvalue weighted by Crippen LogP contribution is 2.52. The maximum absolute atomic E-state index is 11.6. The Kier molecular flexibility index (Phi) is 5.90. The molecule has 3 aromatic carbocycles. The van der Waals surface area contributed by atoms with E-state index in [1.807, 2.05) is 42.5 Å². The van der Waals surface area contributed by atoms with Gasteiger partial charge in [0.15, 0.2) is 5.69 Å². The van der Waals surface area contributed by atoms with Gasteiger partial charge in [-0.2, -0.15) is 4.37 Å². The van der Waals surface area contributed by atoms with Gasteiger partial charge in [0.05, 0.1) is 37.5 Å². The molecule has 0 saturated heterocycles. The van der Waals surface area contributed by atoms with Crippen molar-refractivity contribution in [1.29, 1.82) is 0 Å². The molecule has 0 spiro atoms. The van der Waals surface area contributed by atoms with Crippen LogP contribution in [0, 0.1) is 11.8 Å². The highest BCUT2D eigenvalue weighted by molar-refractivity contribution is 7.13. The van der Waals surface area contributed by atoms with Crippen LogP contribution in [0.4, 0.5) is 0 Å². The van der Waals surface area contributed by atoms with E-state index in [0.29, 0.717) is 39.9 Å². The van der Waals surface area contributed by atoms with E-state index < -0.39 is 5.97 Å². The number of hydrogen-bond acceptors (Lipinski definition) is 5. The second kappa shape index (κ2) is 9.80. The third-order valence-corrected chi connectivity index (χ3v) is 10.9. The second-order valence-electron chi connectivity index (χ2n) is 12.0. The molecule has 2 saturated carbocycles. The molecule has 218 valence electrons. The van der Waals surface area contributed by atoms with Gasteiger partial charge in [0.1, 0.15) is 12.4 Å². The smallest absolute Gasteiger partial charge is 0.356 e. The lowest BCUT2D eigenvalue weighted by atomic mass is 9.69. The third-order valence-electron chi connectivity index (χ3n) is 9.51. The minimum Gasteiger partial charge on any atom is -0.489 e. The molecule has 3 aromatic heterocycles. The number of benzene rings is 4. The van der Waals surface area contributed by atoms with E-state index in [4.69, 9.17) is 32.9 Å². The Labute approximate surface area is 266 Å². The Bertz CT molecular complexity index is 2210. The molecule has 3 aliphatic rings. The first kappa shape index (κ1) is 26.5. The number of carboxylic acid groups (broad SMARTS) is 1. The van der Waals surface area contributed by atoms with Crippen LogP contribution in [0.1, 0.15) is 41.7 Å². The van der Waals surface area contributed by atoms with Gasteiger partial charge >= 0.3 is 5.97 Å². The molecule has 6 nitrogen and oxygen atoms in total. The van der Waals surface area contributed by atoms with Gasteiger partial charge in [-0.05, 0) is 104 Å². The Morgan fingerprint density at radius 3 is 2.43 bits per heavy atom. The minimum absolute atomic E-state index is 0.0974. The molecule has 2 bridgehead atoms. The number of ether oxygens (including phenoxy) is 1. The number of carbonyl (C=O) groups is 1. The number of hydrogen-bond donors (Lipinski definition) is 1. The minimum atomic E-state index is -1.01. The Balaban J connectivity index is 1.08. The monoisotopic (exact) mass is 637 g/mol. The molecule has 9 rings (SSSR count). The Hall–Kier alpha value is -3.91. The van der Waals surface area contributed by atoms with Crippen molar-refractivity contribution in [2.45, 2.75) is 31.7 Å². The van der Waals surface area contributed by atoms with Gasteiger partial charge in [-0.25, -0.2) is 4.79 Å². The normalized spacial score (nSPS) is 19.9. The lowest BCUT2D eigenvalue weighted by molar-refractivity contribution is 0.0694. The summed E-state index contributed by atoms with van der Waals surface area (Å²) in [5, 5.41) is 13.6. The van der Waals surface area contributed by atoms with Crippen molar-refractivity contribution in [2.24, 2.45) is 16.8 Å². The zero-order valence-electron chi connectivity index (χ0n) is 23.4. The number of aliphatic imine (C=N–C) groups is 1. The Morgan fingerprint density at radius 1 is 0.932 bits per heavy atom. The lowest BCUT2D eigenvalue weighted by Gasteiger charge is -2.41. The van der Waals surface area contributed by atoms with E-state index in [9.17, 15) is 9.90 Å².